The SMILES string of the molecule is CC1CC1CN(C)C(=O)C(Cc1ccccc1)C(N)=S. The van der Waals surface area contributed by atoms with Crippen molar-refractivity contribution in [1.82, 2.24) is 4.90 Å². The number of thiocarbonyl (C=S) groups is 1. The molecule has 108 valence electrons. The number of carbonyl (C=O) groups excluding carboxylic acids is 1. The first-order valence-corrected chi connectivity index (χ1v) is 7.48. The van der Waals surface area contributed by atoms with Crippen LogP contribution in [0.4, 0.5) is 0 Å². The van der Waals surface area contributed by atoms with Crippen molar-refractivity contribution < 1.29 is 4.79 Å². The lowest BCUT2D eigenvalue weighted by Gasteiger charge is -2.23. The van der Waals surface area contributed by atoms with E-state index in [0.717, 1.165) is 18.0 Å². The summed E-state index contributed by atoms with van der Waals surface area (Å²) in [7, 11) is 1.85. The number of nitrogens with two attached hydrogens (primary N) is 1. The molecule has 2 rings (SSSR count). The Balaban J connectivity index is 2.00. The Kier molecular flexibility index (Phi) is 4.76. The maximum absolute atomic E-state index is 12.5. The summed E-state index contributed by atoms with van der Waals surface area (Å²) in [6, 6.07) is 9.89. The standard InChI is InChI=1S/C16H22N2OS/c1-11-8-13(11)10-18(2)16(19)14(15(17)20)9-12-6-4-3-5-7-12/h3-7,11,13-14H,8-10H2,1-2H3,(H2,17,20). The first-order chi connectivity index (χ1) is 9.49. The zero-order valence-corrected chi connectivity index (χ0v) is 12.9. The average molecular weight is 290 g/mol. The van der Waals surface area contributed by atoms with E-state index in [1.165, 1.54) is 6.42 Å². The van der Waals surface area contributed by atoms with Gasteiger partial charge in [0.15, 0.2) is 0 Å². The van der Waals surface area contributed by atoms with Crippen LogP contribution in [0.1, 0.15) is 18.9 Å². The summed E-state index contributed by atoms with van der Waals surface area (Å²) in [6.07, 6.45) is 1.80. The molecular weight excluding hydrogens is 268 g/mol. The molecular formula is C16H22N2OS. The van der Waals surface area contributed by atoms with E-state index in [4.69, 9.17) is 18.0 Å². The minimum atomic E-state index is -0.397. The van der Waals surface area contributed by atoms with Crippen molar-refractivity contribution >= 4 is 23.1 Å². The van der Waals surface area contributed by atoms with Gasteiger partial charge in [0, 0.05) is 13.6 Å². The maximum atomic E-state index is 12.5. The van der Waals surface area contributed by atoms with E-state index >= 15 is 0 Å². The highest BCUT2D eigenvalue weighted by Gasteiger charge is 2.35. The zero-order chi connectivity index (χ0) is 14.7. The Bertz CT molecular complexity index is 489. The van der Waals surface area contributed by atoms with Crippen LogP contribution in [-0.2, 0) is 11.2 Å². The summed E-state index contributed by atoms with van der Waals surface area (Å²) < 4.78 is 0. The Morgan fingerprint density at radius 1 is 1.45 bits per heavy atom. The van der Waals surface area contributed by atoms with Gasteiger partial charge in [-0.2, -0.15) is 0 Å². The molecule has 0 aliphatic heterocycles. The summed E-state index contributed by atoms with van der Waals surface area (Å²) in [6.45, 7) is 3.03. The Morgan fingerprint density at radius 3 is 2.55 bits per heavy atom. The van der Waals surface area contributed by atoms with Gasteiger partial charge in [-0.05, 0) is 30.2 Å². The molecule has 20 heavy (non-hydrogen) atoms. The first kappa shape index (κ1) is 15.0. The van der Waals surface area contributed by atoms with E-state index in [1.54, 1.807) is 4.90 Å². The van der Waals surface area contributed by atoms with Crippen LogP contribution in [-0.4, -0.2) is 29.4 Å². The topological polar surface area (TPSA) is 46.3 Å². The smallest absolute Gasteiger partial charge is 0.232 e. The third-order valence-corrected chi connectivity index (χ3v) is 4.37. The molecule has 1 saturated carbocycles. The molecule has 0 spiro atoms. The van der Waals surface area contributed by atoms with Crippen LogP contribution < -0.4 is 5.73 Å². The van der Waals surface area contributed by atoms with Crippen LogP contribution in [0.25, 0.3) is 0 Å². The van der Waals surface area contributed by atoms with Crippen molar-refractivity contribution in [2.24, 2.45) is 23.5 Å². The zero-order valence-electron chi connectivity index (χ0n) is 12.1. The van der Waals surface area contributed by atoms with Crippen LogP contribution in [0.3, 0.4) is 0 Å². The van der Waals surface area contributed by atoms with Gasteiger partial charge in [0.1, 0.15) is 0 Å². The molecule has 0 bridgehead atoms. The number of rotatable bonds is 6. The largest absolute Gasteiger partial charge is 0.393 e. The quantitative estimate of drug-likeness (QED) is 0.817. The highest BCUT2D eigenvalue weighted by Crippen LogP contribution is 2.38. The van der Waals surface area contributed by atoms with Gasteiger partial charge in [-0.15, -0.1) is 0 Å². The number of amides is 1. The number of hydrogen-bond acceptors (Lipinski definition) is 2. The van der Waals surface area contributed by atoms with Crippen LogP contribution in [0.5, 0.6) is 0 Å². The fourth-order valence-corrected chi connectivity index (χ4v) is 2.70. The van der Waals surface area contributed by atoms with Crippen molar-refractivity contribution in [3.8, 4) is 0 Å². The van der Waals surface area contributed by atoms with E-state index in [2.05, 4.69) is 6.92 Å². The summed E-state index contributed by atoms with van der Waals surface area (Å²) in [5.74, 6) is 1.03. The molecule has 1 fully saturated rings. The molecule has 0 aromatic heterocycles. The van der Waals surface area contributed by atoms with Crippen molar-refractivity contribution in [3.63, 3.8) is 0 Å². The minimum Gasteiger partial charge on any atom is -0.393 e. The molecule has 2 N–H and O–H groups in total. The van der Waals surface area contributed by atoms with Gasteiger partial charge in [0.05, 0.1) is 10.9 Å². The van der Waals surface area contributed by atoms with Crippen molar-refractivity contribution in [2.45, 2.75) is 19.8 Å². The molecule has 1 amide bonds. The molecule has 0 radical (unpaired) electrons. The second-order valence-corrected chi connectivity index (χ2v) is 6.31. The average Bonchev–Trinajstić information content (AvgIpc) is 3.11. The summed E-state index contributed by atoms with van der Waals surface area (Å²) >= 11 is 5.09. The second-order valence-electron chi connectivity index (χ2n) is 5.84. The molecule has 1 aliphatic carbocycles. The van der Waals surface area contributed by atoms with Crippen LogP contribution >= 0.6 is 12.2 Å². The van der Waals surface area contributed by atoms with Gasteiger partial charge >= 0.3 is 0 Å². The third-order valence-electron chi connectivity index (χ3n) is 4.08. The van der Waals surface area contributed by atoms with Gasteiger partial charge < -0.3 is 10.6 Å². The number of carbonyl (C=O) groups is 1. The predicted molar refractivity (Wildman–Crippen MR) is 85.3 cm³/mol. The van der Waals surface area contributed by atoms with E-state index in [1.807, 2.05) is 37.4 Å². The Morgan fingerprint density at radius 2 is 2.05 bits per heavy atom. The van der Waals surface area contributed by atoms with E-state index < -0.39 is 5.92 Å². The molecule has 1 aliphatic rings. The second kappa shape index (κ2) is 6.35. The number of benzene rings is 1. The fraction of sp³-hybridized carbons (Fsp3) is 0.500. The molecule has 1 aromatic carbocycles. The van der Waals surface area contributed by atoms with Gasteiger partial charge in [-0.1, -0.05) is 49.5 Å². The minimum absolute atomic E-state index is 0.0421. The lowest BCUT2D eigenvalue weighted by atomic mass is 9.98. The summed E-state index contributed by atoms with van der Waals surface area (Å²) in [4.78, 5) is 14.6. The summed E-state index contributed by atoms with van der Waals surface area (Å²) in [5, 5.41) is 0. The molecule has 4 heteroatoms. The van der Waals surface area contributed by atoms with Gasteiger partial charge in [-0.25, -0.2) is 0 Å². The number of nitrogens with zero attached hydrogens (tertiary/aromatic N) is 1. The maximum Gasteiger partial charge on any atom is 0.232 e. The normalized spacial score (nSPS) is 22.1. The molecule has 3 atom stereocenters. The molecule has 0 heterocycles. The molecule has 3 nitrogen and oxygen atoms in total. The van der Waals surface area contributed by atoms with E-state index in [9.17, 15) is 4.79 Å². The highest BCUT2D eigenvalue weighted by molar-refractivity contribution is 7.80. The Hall–Kier alpha value is -1.42. The van der Waals surface area contributed by atoms with Crippen molar-refractivity contribution in [1.29, 1.82) is 0 Å². The predicted octanol–water partition coefficient (Wildman–Crippen LogP) is 2.25. The van der Waals surface area contributed by atoms with Crippen LogP contribution in [0.2, 0.25) is 0 Å². The Labute approximate surface area is 126 Å². The van der Waals surface area contributed by atoms with Gasteiger partial charge in [0.25, 0.3) is 0 Å². The lowest BCUT2D eigenvalue weighted by molar-refractivity contribution is -0.132. The van der Waals surface area contributed by atoms with Crippen molar-refractivity contribution in [3.05, 3.63) is 35.9 Å². The highest BCUT2D eigenvalue weighted by atomic mass is 32.1. The van der Waals surface area contributed by atoms with E-state index in [0.29, 0.717) is 12.3 Å². The van der Waals surface area contributed by atoms with Crippen molar-refractivity contribution in [2.75, 3.05) is 13.6 Å². The molecule has 1 aromatic rings. The van der Waals surface area contributed by atoms with Crippen LogP contribution in [0.15, 0.2) is 30.3 Å². The van der Waals surface area contributed by atoms with Gasteiger partial charge in [-0.3, -0.25) is 4.79 Å². The third kappa shape index (κ3) is 3.79. The molecule has 0 saturated heterocycles. The summed E-state index contributed by atoms with van der Waals surface area (Å²) in [5.41, 5.74) is 6.87. The van der Waals surface area contributed by atoms with Crippen LogP contribution in [0, 0.1) is 17.8 Å². The molecule has 3 unspecified atom stereocenters. The first-order valence-electron chi connectivity index (χ1n) is 7.07. The van der Waals surface area contributed by atoms with Gasteiger partial charge in [0.2, 0.25) is 5.91 Å². The monoisotopic (exact) mass is 290 g/mol. The van der Waals surface area contributed by atoms with E-state index in [-0.39, 0.29) is 10.9 Å². The lowest BCUT2D eigenvalue weighted by Crippen LogP contribution is -2.41. The fourth-order valence-electron chi connectivity index (χ4n) is 2.52. The number of hydrogen-bond donors (Lipinski definition) is 1.